The van der Waals surface area contributed by atoms with Gasteiger partial charge in [0.1, 0.15) is 0 Å². The van der Waals surface area contributed by atoms with Crippen LogP contribution in [0.3, 0.4) is 0 Å². The molecule has 0 aromatic heterocycles. The molecular formula is C13H19ClN2O2. The molecule has 1 fully saturated rings. The summed E-state index contributed by atoms with van der Waals surface area (Å²) in [4.78, 5) is 14.1. The molecule has 1 unspecified atom stereocenters. The summed E-state index contributed by atoms with van der Waals surface area (Å²) >= 11 is 0. The van der Waals surface area contributed by atoms with Gasteiger partial charge < -0.3 is 15.4 Å². The Labute approximate surface area is 114 Å². The van der Waals surface area contributed by atoms with Crippen molar-refractivity contribution in [3.8, 4) is 0 Å². The van der Waals surface area contributed by atoms with Gasteiger partial charge in [-0.2, -0.15) is 0 Å². The Kier molecular flexibility index (Phi) is 5.59. The highest BCUT2D eigenvalue weighted by Gasteiger charge is 2.24. The third-order valence-corrected chi connectivity index (χ3v) is 3.07. The van der Waals surface area contributed by atoms with E-state index in [0.717, 1.165) is 11.1 Å². The number of rotatable bonds is 2. The van der Waals surface area contributed by atoms with Crippen LogP contribution in [0.1, 0.15) is 22.8 Å². The predicted octanol–water partition coefficient (Wildman–Crippen LogP) is 1.43. The molecule has 0 spiro atoms. The Morgan fingerprint density at radius 2 is 2.11 bits per heavy atom. The van der Waals surface area contributed by atoms with E-state index in [9.17, 15) is 4.79 Å². The van der Waals surface area contributed by atoms with Gasteiger partial charge in [-0.1, -0.05) is 12.1 Å². The zero-order chi connectivity index (χ0) is 12.3. The fraction of sp³-hybridized carbons (Fsp3) is 0.462. The second-order valence-corrected chi connectivity index (χ2v) is 4.32. The minimum Gasteiger partial charge on any atom is -0.377 e. The van der Waals surface area contributed by atoms with E-state index in [-0.39, 0.29) is 24.4 Å². The largest absolute Gasteiger partial charge is 0.377 e. The van der Waals surface area contributed by atoms with E-state index >= 15 is 0 Å². The van der Waals surface area contributed by atoms with Gasteiger partial charge in [-0.25, -0.2) is 0 Å². The second kappa shape index (κ2) is 6.73. The minimum atomic E-state index is 0. The zero-order valence-electron chi connectivity index (χ0n) is 10.5. The summed E-state index contributed by atoms with van der Waals surface area (Å²) in [5, 5.41) is 0. The summed E-state index contributed by atoms with van der Waals surface area (Å²) < 4.78 is 5.32. The lowest BCUT2D eigenvalue weighted by atomic mass is 10.1. The number of morpholine rings is 1. The molecule has 0 saturated carbocycles. The van der Waals surface area contributed by atoms with E-state index in [2.05, 4.69) is 0 Å². The Hall–Kier alpha value is -1.10. The lowest BCUT2D eigenvalue weighted by Crippen LogP contribution is -2.47. The number of hydrogen-bond acceptors (Lipinski definition) is 3. The fourth-order valence-electron chi connectivity index (χ4n) is 1.98. The molecule has 0 radical (unpaired) electrons. The van der Waals surface area contributed by atoms with Crippen molar-refractivity contribution < 1.29 is 9.53 Å². The normalized spacial score (nSPS) is 19.2. The molecule has 2 rings (SSSR count). The van der Waals surface area contributed by atoms with Gasteiger partial charge in [0.25, 0.3) is 5.91 Å². The molecule has 1 aliphatic rings. The number of carbonyl (C=O) groups excluding carboxylic acids is 1. The van der Waals surface area contributed by atoms with Gasteiger partial charge in [0, 0.05) is 18.7 Å². The van der Waals surface area contributed by atoms with Crippen molar-refractivity contribution in [3.05, 3.63) is 35.4 Å². The quantitative estimate of drug-likeness (QED) is 0.885. The number of nitrogens with two attached hydrogens (primary N) is 1. The SMILES string of the molecule is CC1COCCN1C(=O)c1ccc(CN)cc1.Cl. The number of amides is 1. The molecule has 18 heavy (non-hydrogen) atoms. The van der Waals surface area contributed by atoms with Crippen LogP contribution in [0.2, 0.25) is 0 Å². The maximum Gasteiger partial charge on any atom is 0.254 e. The van der Waals surface area contributed by atoms with Crippen molar-refractivity contribution in [2.45, 2.75) is 19.5 Å². The van der Waals surface area contributed by atoms with Crippen LogP contribution in [0.15, 0.2) is 24.3 Å². The smallest absolute Gasteiger partial charge is 0.254 e. The first-order valence-electron chi connectivity index (χ1n) is 5.90. The Balaban J connectivity index is 0.00000162. The van der Waals surface area contributed by atoms with Crippen molar-refractivity contribution in [1.29, 1.82) is 0 Å². The van der Waals surface area contributed by atoms with Crippen LogP contribution < -0.4 is 5.73 Å². The lowest BCUT2D eigenvalue weighted by molar-refractivity contribution is 0.00359. The molecule has 1 atom stereocenters. The number of nitrogens with zero attached hydrogens (tertiary/aromatic N) is 1. The van der Waals surface area contributed by atoms with E-state index in [1.54, 1.807) is 0 Å². The molecular weight excluding hydrogens is 252 g/mol. The first kappa shape index (κ1) is 15.0. The molecule has 4 nitrogen and oxygen atoms in total. The molecule has 1 aliphatic heterocycles. The van der Waals surface area contributed by atoms with Gasteiger partial charge in [0.05, 0.1) is 19.3 Å². The first-order chi connectivity index (χ1) is 8.22. The maximum absolute atomic E-state index is 12.2. The van der Waals surface area contributed by atoms with Gasteiger partial charge in [-0.05, 0) is 24.6 Å². The van der Waals surface area contributed by atoms with Crippen molar-refractivity contribution in [2.75, 3.05) is 19.8 Å². The number of carbonyl (C=O) groups is 1. The number of hydrogen-bond donors (Lipinski definition) is 1. The first-order valence-corrected chi connectivity index (χ1v) is 5.90. The maximum atomic E-state index is 12.2. The Morgan fingerprint density at radius 3 is 2.67 bits per heavy atom. The summed E-state index contributed by atoms with van der Waals surface area (Å²) in [6.07, 6.45) is 0. The fourth-order valence-corrected chi connectivity index (χ4v) is 1.98. The van der Waals surface area contributed by atoms with Crippen molar-refractivity contribution in [2.24, 2.45) is 5.73 Å². The number of ether oxygens (including phenoxy) is 1. The van der Waals surface area contributed by atoms with Crippen molar-refractivity contribution in [1.82, 2.24) is 4.90 Å². The van der Waals surface area contributed by atoms with Gasteiger partial charge in [-0.15, -0.1) is 12.4 Å². The van der Waals surface area contributed by atoms with Crippen LogP contribution in [-0.4, -0.2) is 36.6 Å². The molecule has 100 valence electrons. The van der Waals surface area contributed by atoms with Gasteiger partial charge >= 0.3 is 0 Å². The highest BCUT2D eigenvalue weighted by atomic mass is 35.5. The summed E-state index contributed by atoms with van der Waals surface area (Å²) in [6, 6.07) is 7.63. The highest BCUT2D eigenvalue weighted by Crippen LogP contribution is 2.13. The van der Waals surface area contributed by atoms with Crippen LogP contribution in [0.25, 0.3) is 0 Å². The van der Waals surface area contributed by atoms with Crippen molar-refractivity contribution >= 4 is 18.3 Å². The third kappa shape index (κ3) is 3.22. The minimum absolute atomic E-state index is 0. The van der Waals surface area contributed by atoms with E-state index in [0.29, 0.717) is 26.3 Å². The average Bonchev–Trinajstić information content (AvgIpc) is 2.39. The second-order valence-electron chi connectivity index (χ2n) is 4.32. The molecule has 0 bridgehead atoms. The third-order valence-electron chi connectivity index (χ3n) is 3.07. The summed E-state index contributed by atoms with van der Waals surface area (Å²) in [6.45, 7) is 4.41. The monoisotopic (exact) mass is 270 g/mol. The van der Waals surface area contributed by atoms with Gasteiger partial charge in [0.15, 0.2) is 0 Å². The molecule has 1 aromatic rings. The van der Waals surface area contributed by atoms with E-state index in [1.807, 2.05) is 36.1 Å². The van der Waals surface area contributed by atoms with Crippen LogP contribution >= 0.6 is 12.4 Å². The number of benzene rings is 1. The topological polar surface area (TPSA) is 55.6 Å². The summed E-state index contributed by atoms with van der Waals surface area (Å²) in [5.41, 5.74) is 7.29. The van der Waals surface area contributed by atoms with Crippen LogP contribution in [0.4, 0.5) is 0 Å². The highest BCUT2D eigenvalue weighted by molar-refractivity contribution is 5.94. The van der Waals surface area contributed by atoms with Crippen molar-refractivity contribution in [3.63, 3.8) is 0 Å². The van der Waals surface area contributed by atoms with Crippen LogP contribution in [0, 0.1) is 0 Å². The van der Waals surface area contributed by atoms with Crippen LogP contribution in [0.5, 0.6) is 0 Å². The molecule has 1 aromatic carbocycles. The number of halogens is 1. The van der Waals surface area contributed by atoms with Gasteiger partial charge in [0.2, 0.25) is 0 Å². The standard InChI is InChI=1S/C13H18N2O2.ClH/c1-10-9-17-7-6-15(10)13(16)12-4-2-11(8-14)3-5-12;/h2-5,10H,6-9,14H2,1H3;1H. The lowest BCUT2D eigenvalue weighted by Gasteiger charge is -2.33. The molecule has 1 amide bonds. The van der Waals surface area contributed by atoms with E-state index in [1.165, 1.54) is 0 Å². The molecule has 5 heteroatoms. The predicted molar refractivity (Wildman–Crippen MR) is 72.9 cm³/mol. The Bertz CT molecular complexity index is 394. The molecule has 1 heterocycles. The van der Waals surface area contributed by atoms with Crippen LogP contribution in [-0.2, 0) is 11.3 Å². The Morgan fingerprint density at radius 1 is 1.44 bits per heavy atom. The molecule has 2 N–H and O–H groups in total. The van der Waals surface area contributed by atoms with Gasteiger partial charge in [-0.3, -0.25) is 4.79 Å². The van der Waals surface area contributed by atoms with E-state index in [4.69, 9.17) is 10.5 Å². The molecule has 1 saturated heterocycles. The summed E-state index contributed by atoms with van der Waals surface area (Å²) in [5.74, 6) is 0.0735. The summed E-state index contributed by atoms with van der Waals surface area (Å²) in [7, 11) is 0. The molecule has 0 aliphatic carbocycles. The van der Waals surface area contributed by atoms with E-state index < -0.39 is 0 Å². The average molecular weight is 271 g/mol. The zero-order valence-corrected chi connectivity index (χ0v) is 11.3.